The molecule has 170 valence electrons. The van der Waals surface area contributed by atoms with Crippen molar-refractivity contribution in [2.24, 2.45) is 11.7 Å². The molecule has 1 saturated heterocycles. The lowest BCUT2D eigenvalue weighted by atomic mass is 9.77. The summed E-state index contributed by atoms with van der Waals surface area (Å²) in [5.74, 6) is -2.96. The minimum Gasteiger partial charge on any atom is -0.370 e. The first-order chi connectivity index (χ1) is 15.7. The Morgan fingerprint density at radius 2 is 1.64 bits per heavy atom. The molecule has 0 spiro atoms. The number of guanidine groups is 1. The highest BCUT2D eigenvalue weighted by Gasteiger charge is 2.48. The number of amides is 2. The second-order valence-corrected chi connectivity index (χ2v) is 7.89. The van der Waals surface area contributed by atoms with Crippen LogP contribution in [0, 0.1) is 23.0 Å². The second kappa shape index (κ2) is 8.38. The zero-order valence-corrected chi connectivity index (χ0v) is 17.6. The van der Waals surface area contributed by atoms with E-state index < -0.39 is 40.9 Å². The Morgan fingerprint density at radius 3 is 2.21 bits per heavy atom. The number of carbonyl (C=O) groups is 2. The van der Waals surface area contributed by atoms with Crippen LogP contribution in [0.4, 0.5) is 20.2 Å². The molecular weight excluding hydrogens is 430 g/mol. The van der Waals surface area contributed by atoms with Gasteiger partial charge in [-0.25, -0.2) is 8.78 Å². The highest BCUT2D eigenvalue weighted by Crippen LogP contribution is 2.39. The van der Waals surface area contributed by atoms with E-state index >= 15 is 0 Å². The summed E-state index contributed by atoms with van der Waals surface area (Å²) in [6.45, 7) is 1.74. The number of fused-ring (bicyclic) bond motifs is 1. The molecule has 0 bridgehead atoms. The molecule has 3 unspecified atom stereocenters. The molecule has 33 heavy (non-hydrogen) atoms. The van der Waals surface area contributed by atoms with Gasteiger partial charge < -0.3 is 21.7 Å². The Hall–Kier alpha value is -4.21. The lowest BCUT2D eigenvalue weighted by Crippen LogP contribution is -2.59. The number of nitrogens with two attached hydrogens (primary N) is 1. The second-order valence-electron chi connectivity index (χ2n) is 7.89. The summed E-state index contributed by atoms with van der Waals surface area (Å²) < 4.78 is 27.0. The molecule has 0 saturated carbocycles. The van der Waals surface area contributed by atoms with Crippen molar-refractivity contribution in [3.8, 4) is 0 Å². The molecule has 10 heteroatoms. The summed E-state index contributed by atoms with van der Waals surface area (Å²) in [5.41, 5.74) is 6.11. The fourth-order valence-corrected chi connectivity index (χ4v) is 4.02. The van der Waals surface area contributed by atoms with Gasteiger partial charge in [0.2, 0.25) is 5.91 Å². The van der Waals surface area contributed by atoms with E-state index in [-0.39, 0.29) is 11.5 Å². The molecule has 8 nitrogen and oxygen atoms in total. The Morgan fingerprint density at radius 1 is 1.06 bits per heavy atom. The van der Waals surface area contributed by atoms with Crippen LogP contribution in [0.1, 0.15) is 6.92 Å². The lowest BCUT2D eigenvalue weighted by Gasteiger charge is -2.43. The molecule has 0 radical (unpaired) electrons. The third-order valence-electron chi connectivity index (χ3n) is 5.65. The summed E-state index contributed by atoms with van der Waals surface area (Å²) in [6.07, 6.45) is 3.21. The van der Waals surface area contributed by atoms with Crippen LogP contribution in [-0.4, -0.2) is 29.4 Å². The number of imide groups is 1. The van der Waals surface area contributed by atoms with Crippen LogP contribution in [0.15, 0.2) is 72.0 Å². The zero-order valence-electron chi connectivity index (χ0n) is 17.6. The van der Waals surface area contributed by atoms with Crippen LogP contribution in [0.5, 0.6) is 0 Å². The van der Waals surface area contributed by atoms with Gasteiger partial charge in [-0.3, -0.25) is 20.3 Å². The summed E-state index contributed by atoms with van der Waals surface area (Å²) in [7, 11) is 0. The molecule has 4 rings (SSSR count). The highest BCUT2D eigenvalue weighted by molar-refractivity contribution is 6.16. The summed E-state index contributed by atoms with van der Waals surface area (Å²) >= 11 is 0. The number of benzene rings is 2. The van der Waals surface area contributed by atoms with Crippen molar-refractivity contribution >= 4 is 29.1 Å². The molecule has 1 aliphatic carbocycles. The van der Waals surface area contributed by atoms with E-state index in [9.17, 15) is 18.4 Å². The molecule has 1 heterocycles. The minimum atomic E-state index is -1.23. The molecule has 0 aromatic heterocycles. The largest absolute Gasteiger partial charge is 0.370 e. The normalized spacial score (nSPS) is 22.5. The van der Waals surface area contributed by atoms with Gasteiger partial charge in [0.15, 0.2) is 5.96 Å². The fraction of sp³-hybridized carbons (Fsp3) is 0.174. The van der Waals surface area contributed by atoms with E-state index in [2.05, 4.69) is 21.3 Å². The Kier molecular flexibility index (Phi) is 5.59. The third kappa shape index (κ3) is 4.27. The van der Waals surface area contributed by atoms with E-state index in [0.29, 0.717) is 17.1 Å². The maximum atomic E-state index is 13.5. The van der Waals surface area contributed by atoms with Crippen molar-refractivity contribution in [3.63, 3.8) is 0 Å². The maximum Gasteiger partial charge on any atom is 0.254 e. The van der Waals surface area contributed by atoms with Crippen LogP contribution >= 0.6 is 0 Å². The van der Waals surface area contributed by atoms with Crippen molar-refractivity contribution in [1.29, 1.82) is 5.41 Å². The molecule has 2 aromatic carbocycles. The SMILES string of the molecule is CC(NC(=N)N)C1(Nc2ccc(F)cc2)C=C2C(=O)NC(=O)C2C=C1Nc1ccc(F)cc1. The number of anilines is 2. The molecule has 2 amide bonds. The van der Waals surface area contributed by atoms with Crippen molar-refractivity contribution in [2.75, 3.05) is 10.6 Å². The average molecular weight is 452 g/mol. The standard InChI is InChI=1S/C23H22F2N6O2/c1-12(28-22(26)27)23(31-16-8-4-14(25)5-9-16)11-18-17(20(32)30-21(18)33)10-19(23)29-15-6-2-13(24)3-7-15/h2-12,17,29,31H,1H3,(H4,26,27,28)(H,30,32,33). The van der Waals surface area contributed by atoms with Crippen molar-refractivity contribution in [2.45, 2.75) is 18.5 Å². The third-order valence-corrected chi connectivity index (χ3v) is 5.65. The number of halogens is 2. The van der Waals surface area contributed by atoms with E-state index in [1.165, 1.54) is 48.5 Å². The van der Waals surface area contributed by atoms with Crippen LogP contribution in [-0.2, 0) is 9.59 Å². The molecule has 2 aromatic rings. The molecular formula is C23H22F2N6O2. The van der Waals surface area contributed by atoms with Crippen LogP contribution in [0.2, 0.25) is 0 Å². The smallest absolute Gasteiger partial charge is 0.254 e. The van der Waals surface area contributed by atoms with Crippen molar-refractivity contribution in [3.05, 3.63) is 83.6 Å². The van der Waals surface area contributed by atoms with Gasteiger partial charge in [0.25, 0.3) is 5.91 Å². The topological polar surface area (TPSA) is 132 Å². The fourth-order valence-electron chi connectivity index (χ4n) is 4.02. The Labute approximate surface area is 188 Å². The van der Waals surface area contributed by atoms with Crippen molar-refractivity contribution in [1.82, 2.24) is 10.6 Å². The van der Waals surface area contributed by atoms with Crippen LogP contribution in [0.3, 0.4) is 0 Å². The van der Waals surface area contributed by atoms with Gasteiger partial charge in [-0.15, -0.1) is 0 Å². The molecule has 2 aliphatic rings. The van der Waals surface area contributed by atoms with Crippen molar-refractivity contribution < 1.29 is 18.4 Å². The van der Waals surface area contributed by atoms with Gasteiger partial charge in [-0.05, 0) is 67.6 Å². The van der Waals surface area contributed by atoms with Gasteiger partial charge in [0.1, 0.15) is 17.2 Å². The first kappa shape index (κ1) is 22.0. The van der Waals surface area contributed by atoms with Gasteiger partial charge in [-0.2, -0.15) is 0 Å². The molecule has 7 N–H and O–H groups in total. The number of nitrogens with one attached hydrogen (secondary N) is 5. The van der Waals surface area contributed by atoms with Gasteiger partial charge in [0, 0.05) is 22.6 Å². The number of hydrogen-bond donors (Lipinski definition) is 6. The van der Waals surface area contributed by atoms with E-state index in [4.69, 9.17) is 11.1 Å². The van der Waals surface area contributed by atoms with Gasteiger partial charge in [-0.1, -0.05) is 0 Å². The lowest BCUT2D eigenvalue weighted by molar-refractivity contribution is -0.125. The summed E-state index contributed by atoms with van der Waals surface area (Å²) in [5, 5.41) is 19.4. The Balaban J connectivity index is 1.86. The number of hydrogen-bond acceptors (Lipinski definition) is 5. The maximum absolute atomic E-state index is 13.5. The monoisotopic (exact) mass is 452 g/mol. The molecule has 3 atom stereocenters. The predicted molar refractivity (Wildman–Crippen MR) is 120 cm³/mol. The quantitative estimate of drug-likeness (QED) is 0.226. The first-order valence-corrected chi connectivity index (χ1v) is 10.1. The summed E-state index contributed by atoms with van der Waals surface area (Å²) in [4.78, 5) is 24.9. The number of carbonyl (C=O) groups excluding carboxylic acids is 2. The number of rotatable bonds is 6. The average Bonchev–Trinajstić information content (AvgIpc) is 3.03. The molecule has 1 aliphatic heterocycles. The van der Waals surface area contributed by atoms with E-state index in [1.54, 1.807) is 19.1 Å². The predicted octanol–water partition coefficient (Wildman–Crippen LogP) is 2.20. The first-order valence-electron chi connectivity index (χ1n) is 10.1. The Bertz CT molecular complexity index is 1180. The zero-order chi connectivity index (χ0) is 23.8. The summed E-state index contributed by atoms with van der Waals surface area (Å²) in [6, 6.07) is 10.6. The molecule has 1 fully saturated rings. The van der Waals surface area contributed by atoms with Gasteiger partial charge >= 0.3 is 0 Å². The van der Waals surface area contributed by atoms with E-state index in [1.807, 2.05) is 0 Å². The van der Waals surface area contributed by atoms with Crippen LogP contribution in [0.25, 0.3) is 0 Å². The van der Waals surface area contributed by atoms with Crippen LogP contribution < -0.4 is 27.0 Å². The van der Waals surface area contributed by atoms with E-state index in [0.717, 1.165) is 0 Å². The van der Waals surface area contributed by atoms with Gasteiger partial charge in [0.05, 0.1) is 12.0 Å². The highest BCUT2D eigenvalue weighted by atomic mass is 19.1. The minimum absolute atomic E-state index is 0.233.